The van der Waals surface area contributed by atoms with Gasteiger partial charge in [-0.05, 0) is 184 Å². The topological polar surface area (TPSA) is 107 Å². The maximum atomic E-state index is 12.9. The fourth-order valence-electron chi connectivity index (χ4n) is 16.2. The maximum Gasteiger partial charge on any atom is 0.338 e. The van der Waals surface area contributed by atoms with Crippen molar-refractivity contribution in [1.82, 2.24) is 0 Å². The summed E-state index contributed by atoms with van der Waals surface area (Å²) in [6.45, 7) is 23.3. The summed E-state index contributed by atoms with van der Waals surface area (Å²) in [6.07, 6.45) is 59.1. The molecule has 0 atom stereocenters. The number of unbranched alkanes of at least 4 members (excludes halogenated alkanes) is 27. The highest BCUT2D eigenvalue weighted by Crippen LogP contribution is 2.41. The van der Waals surface area contributed by atoms with Crippen LogP contribution in [0.25, 0.3) is 16.7 Å². The van der Waals surface area contributed by atoms with Crippen molar-refractivity contribution in [3.05, 3.63) is 126 Å². The van der Waals surface area contributed by atoms with Gasteiger partial charge >= 0.3 is 17.9 Å². The number of hydrogen-bond acceptors (Lipinski definition) is 9. The Hall–Kier alpha value is -4.83. The molecule has 0 amide bonds. The highest BCUT2D eigenvalue weighted by atomic mass is 16.7. The molecule has 0 radical (unpaired) electrons. The van der Waals surface area contributed by atoms with Crippen molar-refractivity contribution in [2.45, 2.75) is 359 Å². The zero-order valence-corrected chi connectivity index (χ0v) is 65.4. The first-order valence-electron chi connectivity index (χ1n) is 42.8. The van der Waals surface area contributed by atoms with E-state index < -0.39 is 0 Å². The van der Waals surface area contributed by atoms with Gasteiger partial charge in [-0.3, -0.25) is 0 Å². The summed E-state index contributed by atoms with van der Waals surface area (Å²) in [5, 5.41) is 0. The standard InChI is InChI=1S/C93H146O9/c1-7-10-31-40-78-43-49-84(50-44-78)87-61-55-81(56-62-87)75(4)91(94)100-71-37-28-22-14-13-19-25-34-68-97-74-67-90(98-69-35-26-20-15-17-23-29-38-72-101-92(95)76(5)82-57-63-88(64-58-82)85-51-45-79(46-52-85)41-32-11-8-2)99-70-36-27-21-16-18-24-30-39-73-102-93(96)77(6)83-59-65-89(66-60-83)86-53-47-80(48-54-86)42-33-12-9-3/h55-66,78-80,84-86,90H,4-54,67-74H2,1-3H3. The zero-order chi connectivity index (χ0) is 72.3. The molecule has 0 aliphatic heterocycles. The normalized spacial score (nSPS) is 18.7. The number of hydrogen-bond donors (Lipinski definition) is 0. The summed E-state index contributed by atoms with van der Waals surface area (Å²) in [5.74, 6) is 3.71. The first-order chi connectivity index (χ1) is 50.1. The van der Waals surface area contributed by atoms with Crippen LogP contribution in [0.1, 0.15) is 387 Å². The molecule has 3 aromatic carbocycles. The molecule has 3 aromatic rings. The van der Waals surface area contributed by atoms with Crippen LogP contribution < -0.4 is 0 Å². The van der Waals surface area contributed by atoms with E-state index in [2.05, 4.69) is 113 Å². The van der Waals surface area contributed by atoms with E-state index in [0.717, 1.165) is 137 Å². The molecule has 0 bridgehead atoms. The van der Waals surface area contributed by atoms with Gasteiger partial charge < -0.3 is 28.4 Å². The minimum Gasteiger partial charge on any atom is -0.462 e. The van der Waals surface area contributed by atoms with Gasteiger partial charge in [-0.15, -0.1) is 0 Å². The summed E-state index contributed by atoms with van der Waals surface area (Å²) in [6, 6.07) is 25.6. The van der Waals surface area contributed by atoms with Crippen LogP contribution in [-0.2, 0) is 42.8 Å². The van der Waals surface area contributed by atoms with Gasteiger partial charge in [0.2, 0.25) is 0 Å². The predicted octanol–water partition coefficient (Wildman–Crippen LogP) is 26.4. The van der Waals surface area contributed by atoms with Gasteiger partial charge in [-0.1, -0.05) is 306 Å². The van der Waals surface area contributed by atoms with Crippen LogP contribution in [0.3, 0.4) is 0 Å². The van der Waals surface area contributed by atoms with Gasteiger partial charge in [0.05, 0.1) is 43.1 Å². The average molecular weight is 1410 g/mol. The molecule has 0 N–H and O–H groups in total. The fraction of sp³-hybridized carbons (Fsp3) is 0.710. The van der Waals surface area contributed by atoms with Gasteiger partial charge in [0.15, 0.2) is 6.29 Å². The van der Waals surface area contributed by atoms with E-state index >= 15 is 0 Å². The zero-order valence-electron chi connectivity index (χ0n) is 65.4. The van der Waals surface area contributed by atoms with Crippen LogP contribution in [0.5, 0.6) is 0 Å². The summed E-state index contributed by atoms with van der Waals surface area (Å²) >= 11 is 0. The van der Waals surface area contributed by atoms with E-state index in [4.69, 9.17) is 28.4 Å². The monoisotopic (exact) mass is 1410 g/mol. The fourth-order valence-corrected chi connectivity index (χ4v) is 16.2. The molecular weight excluding hydrogens is 1260 g/mol. The van der Waals surface area contributed by atoms with E-state index in [1.165, 1.54) is 235 Å². The number of carbonyl (C=O) groups is 3. The molecule has 0 unspecified atom stereocenters. The first kappa shape index (κ1) is 86.1. The van der Waals surface area contributed by atoms with Gasteiger partial charge in [0.25, 0.3) is 0 Å². The maximum absolute atomic E-state index is 12.9. The SMILES string of the molecule is C=C(C(=O)OCCCCCCCCCCOCCC(OCCCCCCCCCCOC(=O)C(=C)c1ccc(C2CCC(CCCCC)CC2)cc1)OCCCCCCCCCCOC(=O)C(=C)c1ccc(C2CCC(CCCCC)CC2)cc1)c1ccc(C2CCC(CCCCC)CC2)cc1. The number of carbonyl (C=O) groups excluding carboxylic acids is 3. The van der Waals surface area contributed by atoms with Crippen LogP contribution in [0.4, 0.5) is 0 Å². The van der Waals surface area contributed by atoms with Crippen molar-refractivity contribution in [2.75, 3.05) is 46.2 Å². The van der Waals surface area contributed by atoms with Crippen molar-refractivity contribution >= 4 is 34.6 Å². The number of esters is 3. The predicted molar refractivity (Wildman–Crippen MR) is 428 cm³/mol. The Morgan fingerprint density at radius 1 is 0.304 bits per heavy atom. The Labute approximate surface area is 623 Å². The third kappa shape index (κ3) is 36.0. The van der Waals surface area contributed by atoms with Crippen LogP contribution in [0, 0.1) is 17.8 Å². The molecule has 9 heteroatoms. The molecule has 0 heterocycles. The lowest BCUT2D eigenvalue weighted by Crippen LogP contribution is -2.21. The Bertz CT molecular complexity index is 2550. The second-order valence-electron chi connectivity index (χ2n) is 31.4. The lowest BCUT2D eigenvalue weighted by Gasteiger charge is -2.29. The second-order valence-corrected chi connectivity index (χ2v) is 31.4. The van der Waals surface area contributed by atoms with Gasteiger partial charge in [0, 0.05) is 26.2 Å². The molecular formula is C93H146O9. The summed E-state index contributed by atoms with van der Waals surface area (Å²) in [4.78, 5) is 38.6. The second kappa shape index (κ2) is 54.7. The van der Waals surface area contributed by atoms with E-state index in [0.29, 0.717) is 74.1 Å². The van der Waals surface area contributed by atoms with Crippen molar-refractivity contribution in [1.29, 1.82) is 0 Å². The molecule has 3 fully saturated rings. The van der Waals surface area contributed by atoms with Crippen LogP contribution in [0.15, 0.2) is 92.5 Å². The van der Waals surface area contributed by atoms with Crippen molar-refractivity contribution < 1.29 is 42.8 Å². The lowest BCUT2D eigenvalue weighted by atomic mass is 9.77. The van der Waals surface area contributed by atoms with Crippen molar-refractivity contribution in [3.8, 4) is 0 Å². The van der Waals surface area contributed by atoms with Gasteiger partial charge in [-0.25, -0.2) is 14.4 Å². The largest absolute Gasteiger partial charge is 0.462 e. The highest BCUT2D eigenvalue weighted by Gasteiger charge is 2.26. The minimum atomic E-state index is -0.302. The van der Waals surface area contributed by atoms with Crippen LogP contribution in [-0.4, -0.2) is 70.4 Å². The Morgan fingerprint density at radius 3 is 0.814 bits per heavy atom. The van der Waals surface area contributed by atoms with E-state index in [9.17, 15) is 14.4 Å². The Kier molecular flexibility index (Phi) is 46.2. The summed E-state index contributed by atoms with van der Waals surface area (Å²) in [7, 11) is 0. The van der Waals surface area contributed by atoms with Gasteiger partial charge in [-0.2, -0.15) is 0 Å². The third-order valence-electron chi connectivity index (χ3n) is 23.2. The summed E-state index contributed by atoms with van der Waals surface area (Å²) in [5.41, 5.74) is 8.15. The number of benzene rings is 3. The third-order valence-corrected chi connectivity index (χ3v) is 23.2. The average Bonchev–Trinajstić information content (AvgIpc) is 0.857. The van der Waals surface area contributed by atoms with E-state index in [-0.39, 0.29) is 24.2 Å². The van der Waals surface area contributed by atoms with Crippen LogP contribution in [0.2, 0.25) is 0 Å². The molecule has 3 saturated carbocycles. The molecule has 572 valence electrons. The first-order valence-corrected chi connectivity index (χ1v) is 42.8. The molecule has 3 aliphatic carbocycles. The molecule has 0 spiro atoms. The quantitative estimate of drug-likeness (QED) is 0.0180. The van der Waals surface area contributed by atoms with Gasteiger partial charge in [0.1, 0.15) is 0 Å². The number of rotatable bonds is 59. The molecule has 0 aromatic heterocycles. The molecule has 9 nitrogen and oxygen atoms in total. The minimum absolute atomic E-state index is 0.248. The summed E-state index contributed by atoms with van der Waals surface area (Å²) < 4.78 is 35.8. The Balaban J connectivity index is 0.766. The Morgan fingerprint density at radius 2 is 0.549 bits per heavy atom. The van der Waals surface area contributed by atoms with E-state index in [1.54, 1.807) is 0 Å². The van der Waals surface area contributed by atoms with Crippen molar-refractivity contribution in [3.63, 3.8) is 0 Å². The van der Waals surface area contributed by atoms with Crippen molar-refractivity contribution in [2.24, 2.45) is 17.8 Å². The van der Waals surface area contributed by atoms with E-state index in [1.807, 2.05) is 0 Å². The molecule has 0 saturated heterocycles. The smallest absolute Gasteiger partial charge is 0.338 e. The molecule has 102 heavy (non-hydrogen) atoms. The molecule has 3 aliphatic rings. The molecule has 6 rings (SSSR count). The number of ether oxygens (including phenoxy) is 6. The highest BCUT2D eigenvalue weighted by molar-refractivity contribution is 6.16. The van der Waals surface area contributed by atoms with Crippen LogP contribution >= 0.6 is 0 Å². The lowest BCUT2D eigenvalue weighted by molar-refractivity contribution is -0.154.